The molecule has 5 nitrogen and oxygen atoms in total. The average Bonchev–Trinajstić information content (AvgIpc) is 3.12. The Morgan fingerprint density at radius 2 is 1.23 bits per heavy atom. The summed E-state index contributed by atoms with van der Waals surface area (Å²) in [5.41, 5.74) is 4.35. The second-order valence-electron chi connectivity index (χ2n) is 7.66. The number of methoxy groups -OCH3 is 2. The summed E-state index contributed by atoms with van der Waals surface area (Å²) < 4.78 is 10.0. The van der Waals surface area contributed by atoms with E-state index < -0.39 is 29.4 Å². The maximum absolute atomic E-state index is 12.9. The van der Waals surface area contributed by atoms with Gasteiger partial charge in [-0.1, -0.05) is 78.9 Å². The van der Waals surface area contributed by atoms with Crippen LogP contribution in [-0.4, -0.2) is 32.2 Å². The first kappa shape index (κ1) is 20.8. The molecule has 3 aromatic carbocycles. The van der Waals surface area contributed by atoms with Crippen LogP contribution in [0.3, 0.4) is 0 Å². The van der Waals surface area contributed by atoms with Gasteiger partial charge in [0, 0.05) is 0 Å². The molecule has 5 heteroatoms. The number of ether oxygens (including phenoxy) is 2. The highest BCUT2D eigenvalue weighted by Crippen LogP contribution is 2.51. The summed E-state index contributed by atoms with van der Waals surface area (Å²) in [5, 5.41) is 3.55. The van der Waals surface area contributed by atoms with Crippen LogP contribution >= 0.6 is 0 Å². The molecule has 0 radical (unpaired) electrons. The lowest BCUT2D eigenvalue weighted by Crippen LogP contribution is -2.55. The smallest absolute Gasteiger partial charge is 0.323 e. The van der Waals surface area contributed by atoms with Gasteiger partial charge in [-0.3, -0.25) is 14.9 Å². The molecule has 0 saturated heterocycles. The van der Waals surface area contributed by atoms with Crippen molar-refractivity contribution in [3.63, 3.8) is 0 Å². The zero-order valence-corrected chi connectivity index (χ0v) is 17.8. The Labute approximate surface area is 182 Å². The molecular weight excluding hydrogens is 390 g/mol. The van der Waals surface area contributed by atoms with Gasteiger partial charge in [-0.05, 0) is 34.7 Å². The maximum atomic E-state index is 12.9. The van der Waals surface area contributed by atoms with E-state index in [0.717, 1.165) is 27.8 Å². The summed E-state index contributed by atoms with van der Waals surface area (Å²) in [6, 6.07) is 25.3. The van der Waals surface area contributed by atoms with Gasteiger partial charge in [0.05, 0.1) is 25.7 Å². The molecule has 1 N–H and O–H groups in total. The maximum Gasteiger partial charge on any atom is 0.323 e. The monoisotopic (exact) mass is 415 g/mol. The SMILES string of the molecule is COC(=O)C(C)C(NC1(c2ccccc2)c2ccccc2-c2ccccc21)C(=O)OC. The number of hydrogen-bond donors (Lipinski definition) is 1. The molecule has 0 bridgehead atoms. The Morgan fingerprint density at radius 1 is 0.742 bits per heavy atom. The van der Waals surface area contributed by atoms with Gasteiger partial charge in [0.25, 0.3) is 0 Å². The molecular formula is C26H25NO4. The highest BCUT2D eigenvalue weighted by atomic mass is 16.5. The molecule has 0 amide bonds. The minimum atomic E-state index is -0.920. The molecule has 2 unspecified atom stereocenters. The van der Waals surface area contributed by atoms with E-state index in [1.54, 1.807) is 6.92 Å². The van der Waals surface area contributed by atoms with E-state index in [-0.39, 0.29) is 0 Å². The quantitative estimate of drug-likeness (QED) is 0.619. The molecule has 158 valence electrons. The first-order valence-electron chi connectivity index (χ1n) is 10.2. The third-order valence-corrected chi connectivity index (χ3v) is 6.06. The van der Waals surface area contributed by atoms with Crippen molar-refractivity contribution in [2.75, 3.05) is 14.2 Å². The Bertz CT molecular complexity index is 1060. The zero-order chi connectivity index (χ0) is 22.0. The molecule has 0 saturated carbocycles. The van der Waals surface area contributed by atoms with E-state index in [2.05, 4.69) is 29.6 Å². The Morgan fingerprint density at radius 3 is 1.74 bits per heavy atom. The molecule has 4 rings (SSSR count). The van der Waals surface area contributed by atoms with Crippen molar-refractivity contribution in [3.8, 4) is 11.1 Å². The highest BCUT2D eigenvalue weighted by Gasteiger charge is 2.48. The molecule has 2 atom stereocenters. The predicted octanol–water partition coefficient (Wildman–Crippen LogP) is 3.90. The lowest BCUT2D eigenvalue weighted by atomic mass is 9.79. The van der Waals surface area contributed by atoms with Crippen LogP contribution < -0.4 is 5.32 Å². The number of rotatable bonds is 6. The first-order valence-corrected chi connectivity index (χ1v) is 10.2. The average molecular weight is 415 g/mol. The van der Waals surface area contributed by atoms with Crippen molar-refractivity contribution >= 4 is 11.9 Å². The third kappa shape index (κ3) is 3.31. The van der Waals surface area contributed by atoms with Gasteiger partial charge in [0.15, 0.2) is 0 Å². The summed E-state index contributed by atoms with van der Waals surface area (Å²) in [4.78, 5) is 25.3. The molecule has 0 fully saturated rings. The van der Waals surface area contributed by atoms with E-state index in [1.807, 2.05) is 54.6 Å². The molecule has 31 heavy (non-hydrogen) atoms. The third-order valence-electron chi connectivity index (χ3n) is 6.06. The van der Waals surface area contributed by atoms with Crippen LogP contribution in [0.1, 0.15) is 23.6 Å². The van der Waals surface area contributed by atoms with Crippen molar-refractivity contribution in [2.24, 2.45) is 5.92 Å². The van der Waals surface area contributed by atoms with Crippen molar-refractivity contribution in [3.05, 3.63) is 95.6 Å². The standard InChI is InChI=1S/C26H25NO4/c1-17(24(28)30-2)23(25(29)31-3)27-26(18-11-5-4-6-12-18)21-15-9-7-13-19(21)20-14-8-10-16-22(20)26/h4-17,23,27H,1-3H3. The van der Waals surface area contributed by atoms with Gasteiger partial charge < -0.3 is 9.47 Å². The summed E-state index contributed by atoms with van der Waals surface area (Å²) in [6.07, 6.45) is 0. The molecule has 0 aromatic heterocycles. The van der Waals surface area contributed by atoms with Crippen LogP contribution in [0.4, 0.5) is 0 Å². The fourth-order valence-electron chi connectivity index (χ4n) is 4.54. The van der Waals surface area contributed by atoms with Crippen molar-refractivity contribution in [1.82, 2.24) is 5.32 Å². The van der Waals surface area contributed by atoms with Gasteiger partial charge in [-0.2, -0.15) is 0 Å². The summed E-state index contributed by atoms with van der Waals surface area (Å²) in [7, 11) is 2.65. The van der Waals surface area contributed by atoms with Gasteiger partial charge in [-0.15, -0.1) is 0 Å². The fourth-order valence-corrected chi connectivity index (χ4v) is 4.54. The predicted molar refractivity (Wildman–Crippen MR) is 118 cm³/mol. The number of carbonyl (C=O) groups excluding carboxylic acids is 2. The van der Waals surface area contributed by atoms with Crippen LogP contribution in [0.5, 0.6) is 0 Å². The van der Waals surface area contributed by atoms with E-state index in [9.17, 15) is 9.59 Å². The van der Waals surface area contributed by atoms with Crippen LogP contribution in [-0.2, 0) is 24.6 Å². The van der Waals surface area contributed by atoms with Gasteiger partial charge in [0.1, 0.15) is 6.04 Å². The van der Waals surface area contributed by atoms with E-state index >= 15 is 0 Å². The number of fused-ring (bicyclic) bond motifs is 3. The minimum absolute atomic E-state index is 0.481. The van der Waals surface area contributed by atoms with E-state index in [0.29, 0.717) is 0 Å². The van der Waals surface area contributed by atoms with Crippen molar-refractivity contribution in [2.45, 2.75) is 18.5 Å². The van der Waals surface area contributed by atoms with E-state index in [4.69, 9.17) is 9.47 Å². The van der Waals surface area contributed by atoms with Gasteiger partial charge in [0.2, 0.25) is 0 Å². The Balaban J connectivity index is 1.98. The normalized spacial score (nSPS) is 15.3. The molecule has 1 aliphatic rings. The Kier molecular flexibility index (Phi) is 5.61. The Hall–Kier alpha value is -3.44. The molecule has 0 heterocycles. The van der Waals surface area contributed by atoms with Crippen molar-refractivity contribution < 1.29 is 19.1 Å². The summed E-state index contributed by atoms with van der Waals surface area (Å²) in [6.45, 7) is 1.67. The second-order valence-corrected chi connectivity index (χ2v) is 7.66. The number of esters is 2. The van der Waals surface area contributed by atoms with Crippen LogP contribution in [0.15, 0.2) is 78.9 Å². The fraction of sp³-hybridized carbons (Fsp3) is 0.231. The second kappa shape index (κ2) is 8.36. The topological polar surface area (TPSA) is 64.6 Å². The summed E-state index contributed by atoms with van der Waals surface area (Å²) >= 11 is 0. The molecule has 1 aliphatic carbocycles. The van der Waals surface area contributed by atoms with E-state index in [1.165, 1.54) is 14.2 Å². The largest absolute Gasteiger partial charge is 0.469 e. The van der Waals surface area contributed by atoms with Gasteiger partial charge >= 0.3 is 11.9 Å². The number of carbonyl (C=O) groups is 2. The lowest BCUT2D eigenvalue weighted by Gasteiger charge is -2.38. The van der Waals surface area contributed by atoms with Gasteiger partial charge in [-0.25, -0.2) is 0 Å². The molecule has 0 aliphatic heterocycles. The molecule has 0 spiro atoms. The van der Waals surface area contributed by atoms with Crippen molar-refractivity contribution in [1.29, 1.82) is 0 Å². The zero-order valence-electron chi connectivity index (χ0n) is 17.8. The summed E-state index contributed by atoms with van der Waals surface area (Å²) in [5.74, 6) is -1.75. The van der Waals surface area contributed by atoms with Crippen LogP contribution in [0.2, 0.25) is 0 Å². The number of benzene rings is 3. The number of nitrogens with one attached hydrogen (secondary N) is 1. The highest BCUT2D eigenvalue weighted by molar-refractivity contribution is 5.87. The number of hydrogen-bond acceptors (Lipinski definition) is 5. The molecule has 3 aromatic rings. The van der Waals surface area contributed by atoms with Crippen LogP contribution in [0, 0.1) is 5.92 Å². The van der Waals surface area contributed by atoms with Crippen LogP contribution in [0.25, 0.3) is 11.1 Å². The lowest BCUT2D eigenvalue weighted by molar-refractivity contribution is -0.154. The first-order chi connectivity index (χ1) is 15.0. The minimum Gasteiger partial charge on any atom is -0.469 e.